The molecule has 1 amide bonds. The van der Waals surface area contributed by atoms with E-state index in [1.165, 1.54) is 0 Å². The molecule has 2 N–H and O–H groups in total. The lowest BCUT2D eigenvalue weighted by Crippen LogP contribution is -2.51. The third kappa shape index (κ3) is 3.74. The summed E-state index contributed by atoms with van der Waals surface area (Å²) in [5.74, 6) is 0.887. The molecule has 0 spiro atoms. The Balaban J connectivity index is 1.42. The second-order valence-corrected chi connectivity index (χ2v) is 6.90. The summed E-state index contributed by atoms with van der Waals surface area (Å²) in [4.78, 5) is 21.5. The van der Waals surface area contributed by atoms with Gasteiger partial charge in [0.25, 0.3) is 0 Å². The molecule has 1 aromatic heterocycles. The number of hydrazine groups is 1. The van der Waals surface area contributed by atoms with E-state index in [0.29, 0.717) is 6.54 Å². The number of carbonyl (C=O) groups is 1. The van der Waals surface area contributed by atoms with Crippen molar-refractivity contribution in [2.45, 2.75) is 6.04 Å². The first-order valence-corrected chi connectivity index (χ1v) is 9.32. The van der Waals surface area contributed by atoms with Crippen LogP contribution in [-0.4, -0.2) is 55.6 Å². The number of carbonyl (C=O) groups excluding carboxylic acids is 1. The van der Waals surface area contributed by atoms with Crippen LogP contribution in [0.25, 0.3) is 0 Å². The number of pyridine rings is 1. The number of amides is 1. The molecule has 2 aromatic rings. The van der Waals surface area contributed by atoms with Crippen molar-refractivity contribution in [3.05, 3.63) is 54.4 Å². The van der Waals surface area contributed by atoms with Gasteiger partial charge in [-0.05, 0) is 29.8 Å². The first-order valence-electron chi connectivity index (χ1n) is 9.32. The molecule has 27 heavy (non-hydrogen) atoms. The third-order valence-electron chi connectivity index (χ3n) is 5.37. The van der Waals surface area contributed by atoms with Crippen molar-refractivity contribution in [1.82, 2.24) is 20.7 Å². The lowest BCUT2D eigenvalue weighted by atomic mass is 9.93. The van der Waals surface area contributed by atoms with Gasteiger partial charge in [-0.3, -0.25) is 15.2 Å². The number of nitrogens with one attached hydrogen (secondary N) is 2. The summed E-state index contributed by atoms with van der Waals surface area (Å²) in [6.45, 7) is 3.79. The largest absolute Gasteiger partial charge is 0.497 e. The van der Waals surface area contributed by atoms with Gasteiger partial charge in [0.2, 0.25) is 5.91 Å². The summed E-state index contributed by atoms with van der Waals surface area (Å²) in [6.07, 6.45) is 3.61. The molecule has 7 nitrogen and oxygen atoms in total. The molecule has 1 aromatic carbocycles. The van der Waals surface area contributed by atoms with Crippen molar-refractivity contribution in [3.63, 3.8) is 0 Å². The average molecular weight is 367 g/mol. The molecule has 2 fully saturated rings. The Bertz CT molecular complexity index is 777. The number of nitrogens with zero attached hydrogens (tertiary/aromatic N) is 3. The van der Waals surface area contributed by atoms with Gasteiger partial charge in [-0.15, -0.1) is 0 Å². The summed E-state index contributed by atoms with van der Waals surface area (Å²) in [5, 5.41) is 0. The maximum atomic E-state index is 13.2. The molecule has 0 bridgehead atoms. The Hall–Kier alpha value is -2.64. The minimum absolute atomic E-state index is 0.0502. The maximum Gasteiger partial charge on any atom is 0.229 e. The Labute approximate surface area is 159 Å². The number of ether oxygens (including phenoxy) is 1. The lowest BCUT2D eigenvalue weighted by molar-refractivity contribution is -0.135. The second kappa shape index (κ2) is 7.94. The Kier molecular flexibility index (Phi) is 5.22. The van der Waals surface area contributed by atoms with Crippen LogP contribution >= 0.6 is 0 Å². The average Bonchev–Trinajstić information content (AvgIpc) is 3.24. The molecule has 3 heterocycles. The molecule has 2 aliphatic rings. The van der Waals surface area contributed by atoms with Crippen LogP contribution in [0.15, 0.2) is 48.8 Å². The molecular weight excluding hydrogens is 342 g/mol. The van der Waals surface area contributed by atoms with Crippen LogP contribution in [-0.2, 0) is 4.79 Å². The highest BCUT2D eigenvalue weighted by molar-refractivity contribution is 5.81. The van der Waals surface area contributed by atoms with Crippen LogP contribution in [0.5, 0.6) is 5.75 Å². The third-order valence-corrected chi connectivity index (χ3v) is 5.37. The molecule has 2 aliphatic heterocycles. The first-order chi connectivity index (χ1) is 13.3. The minimum atomic E-state index is -0.121. The van der Waals surface area contributed by atoms with Gasteiger partial charge in [0.1, 0.15) is 5.75 Å². The maximum absolute atomic E-state index is 13.2. The van der Waals surface area contributed by atoms with Gasteiger partial charge >= 0.3 is 0 Å². The molecule has 0 aliphatic carbocycles. The van der Waals surface area contributed by atoms with E-state index in [9.17, 15) is 4.79 Å². The zero-order valence-corrected chi connectivity index (χ0v) is 15.5. The smallest absolute Gasteiger partial charge is 0.229 e. The normalized spacial score (nSPS) is 22.7. The standard InChI is InChI=1S/C20H25N5O2/c1-27-17-4-2-3-15(13-17)19-18(14-22-23-19)20(26)25-11-9-24(10-12-25)16-5-7-21-8-6-16/h2-8,13,18-19,22-23H,9-12,14H2,1H3. The highest BCUT2D eigenvalue weighted by Crippen LogP contribution is 2.29. The fourth-order valence-electron chi connectivity index (χ4n) is 3.85. The number of hydrogen-bond donors (Lipinski definition) is 2. The van der Waals surface area contributed by atoms with Crippen LogP contribution in [0.1, 0.15) is 11.6 Å². The zero-order valence-electron chi connectivity index (χ0n) is 15.5. The van der Waals surface area contributed by atoms with Gasteiger partial charge in [0.05, 0.1) is 19.1 Å². The number of benzene rings is 1. The SMILES string of the molecule is COc1cccc(C2NNCC2C(=O)N2CCN(c3ccncc3)CC2)c1. The van der Waals surface area contributed by atoms with Gasteiger partial charge in [-0.2, -0.15) is 0 Å². The number of aromatic nitrogens is 1. The number of methoxy groups -OCH3 is 1. The molecule has 0 saturated carbocycles. The van der Waals surface area contributed by atoms with Crippen molar-refractivity contribution in [3.8, 4) is 5.75 Å². The summed E-state index contributed by atoms with van der Waals surface area (Å²) in [5.41, 5.74) is 8.64. The van der Waals surface area contributed by atoms with Crippen molar-refractivity contribution in [1.29, 1.82) is 0 Å². The molecular formula is C20H25N5O2. The number of hydrogen-bond acceptors (Lipinski definition) is 6. The van der Waals surface area contributed by atoms with Crippen LogP contribution in [0, 0.1) is 5.92 Å². The summed E-state index contributed by atoms with van der Waals surface area (Å²) < 4.78 is 5.33. The molecule has 7 heteroatoms. The monoisotopic (exact) mass is 367 g/mol. The van der Waals surface area contributed by atoms with Crippen LogP contribution in [0.2, 0.25) is 0 Å². The van der Waals surface area contributed by atoms with Gasteiger partial charge in [-0.25, -0.2) is 5.43 Å². The van der Waals surface area contributed by atoms with Crippen LogP contribution in [0.3, 0.4) is 0 Å². The number of rotatable bonds is 4. The molecule has 2 unspecified atom stereocenters. The summed E-state index contributed by atoms with van der Waals surface area (Å²) >= 11 is 0. The van der Waals surface area contributed by atoms with Crippen molar-refractivity contribution < 1.29 is 9.53 Å². The molecule has 4 rings (SSSR count). The quantitative estimate of drug-likeness (QED) is 0.846. The number of piperazine rings is 1. The van der Waals surface area contributed by atoms with Crippen molar-refractivity contribution in [2.75, 3.05) is 44.7 Å². The molecule has 0 radical (unpaired) electrons. The fourth-order valence-corrected chi connectivity index (χ4v) is 3.85. The van der Waals surface area contributed by atoms with Gasteiger partial charge in [-0.1, -0.05) is 12.1 Å². The van der Waals surface area contributed by atoms with E-state index in [2.05, 4.69) is 20.7 Å². The van der Waals surface area contributed by atoms with Crippen LogP contribution in [0.4, 0.5) is 5.69 Å². The summed E-state index contributed by atoms with van der Waals surface area (Å²) in [7, 11) is 1.66. The minimum Gasteiger partial charge on any atom is -0.497 e. The molecule has 142 valence electrons. The van der Waals surface area contributed by atoms with E-state index >= 15 is 0 Å². The van der Waals surface area contributed by atoms with E-state index in [0.717, 1.165) is 43.2 Å². The van der Waals surface area contributed by atoms with Crippen molar-refractivity contribution in [2.24, 2.45) is 5.92 Å². The second-order valence-electron chi connectivity index (χ2n) is 6.90. The highest BCUT2D eigenvalue weighted by atomic mass is 16.5. The van der Waals surface area contributed by atoms with E-state index in [4.69, 9.17) is 4.74 Å². The lowest BCUT2D eigenvalue weighted by Gasteiger charge is -2.37. The first kappa shape index (κ1) is 17.8. The van der Waals surface area contributed by atoms with E-state index in [-0.39, 0.29) is 17.9 Å². The predicted octanol–water partition coefficient (Wildman–Crippen LogP) is 1.20. The summed E-state index contributed by atoms with van der Waals surface area (Å²) in [6, 6.07) is 11.9. The number of anilines is 1. The zero-order chi connectivity index (χ0) is 18.6. The van der Waals surface area contributed by atoms with E-state index in [1.807, 2.05) is 53.7 Å². The molecule has 2 saturated heterocycles. The highest BCUT2D eigenvalue weighted by Gasteiger charge is 2.37. The van der Waals surface area contributed by atoms with Gasteiger partial charge < -0.3 is 14.5 Å². The Morgan fingerprint density at radius 3 is 2.67 bits per heavy atom. The predicted molar refractivity (Wildman–Crippen MR) is 103 cm³/mol. The Morgan fingerprint density at radius 2 is 1.93 bits per heavy atom. The topological polar surface area (TPSA) is 69.7 Å². The van der Waals surface area contributed by atoms with E-state index < -0.39 is 0 Å². The Morgan fingerprint density at radius 1 is 1.15 bits per heavy atom. The molecule has 2 atom stereocenters. The van der Waals surface area contributed by atoms with Crippen molar-refractivity contribution >= 4 is 11.6 Å². The van der Waals surface area contributed by atoms with E-state index in [1.54, 1.807) is 7.11 Å². The van der Waals surface area contributed by atoms with Gasteiger partial charge in [0, 0.05) is 50.8 Å². The fraction of sp³-hybridized carbons (Fsp3) is 0.400. The van der Waals surface area contributed by atoms with Gasteiger partial charge in [0.15, 0.2) is 0 Å². The van der Waals surface area contributed by atoms with Crippen LogP contribution < -0.4 is 20.5 Å².